The van der Waals surface area contributed by atoms with Gasteiger partial charge in [0.15, 0.2) is 0 Å². The number of aromatic nitrogens is 1. The molecule has 3 heteroatoms. The molecular formula is C16H19NOS. The first kappa shape index (κ1) is 12.8. The summed E-state index contributed by atoms with van der Waals surface area (Å²) < 4.78 is 0. The predicted octanol–water partition coefficient (Wildman–Crippen LogP) is 3.74. The second-order valence-corrected chi connectivity index (χ2v) is 7.19. The smallest absolute Gasteiger partial charge is 0.131 e. The first-order valence-electron chi connectivity index (χ1n) is 6.77. The Morgan fingerprint density at radius 3 is 2.74 bits per heavy atom. The van der Waals surface area contributed by atoms with Gasteiger partial charge in [-0.2, -0.15) is 0 Å². The van der Waals surface area contributed by atoms with Gasteiger partial charge < -0.3 is 5.11 Å². The molecule has 1 aliphatic rings. The second kappa shape index (κ2) is 4.73. The Morgan fingerprint density at radius 2 is 2.00 bits per heavy atom. The number of hydrogen-bond donors (Lipinski definition) is 1. The molecule has 1 unspecified atom stereocenters. The van der Waals surface area contributed by atoms with E-state index >= 15 is 0 Å². The van der Waals surface area contributed by atoms with Gasteiger partial charge in [-0.1, -0.05) is 44.2 Å². The van der Waals surface area contributed by atoms with Crippen LogP contribution in [-0.4, -0.2) is 10.1 Å². The molecule has 100 valence electrons. The van der Waals surface area contributed by atoms with Crippen molar-refractivity contribution in [3.63, 3.8) is 0 Å². The van der Waals surface area contributed by atoms with Crippen LogP contribution in [0, 0.1) is 5.41 Å². The number of aliphatic hydroxyl groups excluding tert-OH is 1. The fourth-order valence-electron chi connectivity index (χ4n) is 2.61. The van der Waals surface area contributed by atoms with Gasteiger partial charge in [-0.25, -0.2) is 4.98 Å². The van der Waals surface area contributed by atoms with Crippen LogP contribution in [0.1, 0.15) is 47.5 Å². The van der Waals surface area contributed by atoms with E-state index in [0.29, 0.717) is 5.41 Å². The summed E-state index contributed by atoms with van der Waals surface area (Å²) in [6.07, 6.45) is 2.73. The molecule has 1 aromatic carbocycles. The van der Waals surface area contributed by atoms with Crippen LogP contribution in [-0.2, 0) is 12.8 Å². The molecule has 0 radical (unpaired) electrons. The van der Waals surface area contributed by atoms with Crippen LogP contribution >= 0.6 is 11.3 Å². The molecule has 1 aliphatic carbocycles. The molecule has 0 fully saturated rings. The third-order valence-corrected chi connectivity index (χ3v) is 4.97. The van der Waals surface area contributed by atoms with E-state index in [-0.39, 0.29) is 0 Å². The van der Waals surface area contributed by atoms with Crippen LogP contribution in [0.25, 0.3) is 0 Å². The Balaban J connectivity index is 1.90. The Morgan fingerprint density at radius 1 is 1.26 bits per heavy atom. The molecule has 0 bridgehead atoms. The van der Waals surface area contributed by atoms with Crippen LogP contribution in [0.3, 0.4) is 0 Å². The summed E-state index contributed by atoms with van der Waals surface area (Å²) in [7, 11) is 0. The summed E-state index contributed by atoms with van der Waals surface area (Å²) >= 11 is 1.68. The van der Waals surface area contributed by atoms with Gasteiger partial charge in [0.25, 0.3) is 0 Å². The van der Waals surface area contributed by atoms with E-state index in [1.54, 1.807) is 11.3 Å². The highest BCUT2D eigenvalue weighted by atomic mass is 32.1. The highest BCUT2D eigenvalue weighted by Gasteiger charge is 2.29. The van der Waals surface area contributed by atoms with Gasteiger partial charge in [-0.15, -0.1) is 11.3 Å². The Bertz CT molecular complexity index is 574. The van der Waals surface area contributed by atoms with Crippen LogP contribution < -0.4 is 0 Å². The number of aliphatic hydroxyl groups is 1. The fraction of sp³-hybridized carbons (Fsp3) is 0.438. The topological polar surface area (TPSA) is 33.1 Å². The fourth-order valence-corrected chi connectivity index (χ4v) is 4.00. The maximum atomic E-state index is 10.4. The summed E-state index contributed by atoms with van der Waals surface area (Å²) in [6.45, 7) is 4.62. The normalized spacial score (nSPS) is 18.9. The molecule has 1 atom stereocenters. The Hall–Kier alpha value is -1.19. The van der Waals surface area contributed by atoms with Crippen molar-refractivity contribution in [3.8, 4) is 0 Å². The van der Waals surface area contributed by atoms with E-state index in [2.05, 4.69) is 18.8 Å². The summed E-state index contributed by atoms with van der Waals surface area (Å²) in [6, 6.07) is 9.78. The largest absolute Gasteiger partial charge is 0.381 e. The lowest BCUT2D eigenvalue weighted by atomic mass is 9.79. The molecule has 0 spiro atoms. The Labute approximate surface area is 118 Å². The minimum atomic E-state index is -0.583. The van der Waals surface area contributed by atoms with Crippen molar-refractivity contribution < 1.29 is 5.11 Å². The maximum Gasteiger partial charge on any atom is 0.131 e. The highest BCUT2D eigenvalue weighted by Crippen LogP contribution is 2.39. The molecular weight excluding hydrogens is 254 g/mol. The van der Waals surface area contributed by atoms with Gasteiger partial charge >= 0.3 is 0 Å². The van der Waals surface area contributed by atoms with E-state index in [1.165, 1.54) is 17.0 Å². The third-order valence-electron chi connectivity index (χ3n) is 3.82. The van der Waals surface area contributed by atoms with E-state index < -0.39 is 6.10 Å². The van der Waals surface area contributed by atoms with E-state index in [9.17, 15) is 5.11 Å². The lowest BCUT2D eigenvalue weighted by Crippen LogP contribution is -2.20. The van der Waals surface area contributed by atoms with Crippen molar-refractivity contribution in [1.82, 2.24) is 4.98 Å². The van der Waals surface area contributed by atoms with E-state index in [0.717, 1.165) is 23.4 Å². The summed E-state index contributed by atoms with van der Waals surface area (Å²) in [5.74, 6) is 0. The van der Waals surface area contributed by atoms with Crippen LogP contribution in [0.4, 0.5) is 0 Å². The number of fused-ring (bicyclic) bond motifs is 1. The molecule has 0 aliphatic heterocycles. The molecule has 0 saturated heterocycles. The van der Waals surface area contributed by atoms with Crippen LogP contribution in [0.15, 0.2) is 30.3 Å². The van der Waals surface area contributed by atoms with Crippen molar-refractivity contribution >= 4 is 11.3 Å². The van der Waals surface area contributed by atoms with Gasteiger partial charge in [0.1, 0.15) is 11.1 Å². The number of thiazole rings is 1. The maximum absolute atomic E-state index is 10.4. The Kier molecular flexibility index (Phi) is 3.19. The molecule has 2 nitrogen and oxygen atoms in total. The quantitative estimate of drug-likeness (QED) is 0.904. The number of hydrogen-bond acceptors (Lipinski definition) is 3. The zero-order chi connectivity index (χ0) is 13.5. The SMILES string of the molecule is CC1(C)CCc2nc(C(O)c3ccccc3)sc2C1. The van der Waals surface area contributed by atoms with E-state index in [1.807, 2.05) is 30.3 Å². The molecule has 2 aromatic rings. The molecule has 1 aromatic heterocycles. The van der Waals surface area contributed by atoms with Gasteiger partial charge in [0.05, 0.1) is 5.69 Å². The van der Waals surface area contributed by atoms with Crippen molar-refractivity contribution in [1.29, 1.82) is 0 Å². The summed E-state index contributed by atoms with van der Waals surface area (Å²) in [5.41, 5.74) is 2.50. The predicted molar refractivity (Wildman–Crippen MR) is 78.4 cm³/mol. The minimum absolute atomic E-state index is 0.370. The zero-order valence-electron chi connectivity index (χ0n) is 11.4. The standard InChI is InChI=1S/C16H19NOS/c1-16(2)9-8-12-13(10-16)19-15(17-12)14(18)11-6-4-3-5-7-11/h3-7,14,18H,8-10H2,1-2H3. The summed E-state index contributed by atoms with van der Waals surface area (Å²) in [5, 5.41) is 11.3. The van der Waals surface area contributed by atoms with Gasteiger partial charge in [-0.3, -0.25) is 0 Å². The molecule has 3 rings (SSSR count). The van der Waals surface area contributed by atoms with Gasteiger partial charge in [-0.05, 0) is 30.2 Å². The molecule has 1 N–H and O–H groups in total. The third kappa shape index (κ3) is 2.58. The number of nitrogens with zero attached hydrogens (tertiary/aromatic N) is 1. The lowest BCUT2D eigenvalue weighted by molar-refractivity contribution is 0.219. The van der Waals surface area contributed by atoms with Gasteiger partial charge in [0, 0.05) is 4.88 Å². The van der Waals surface area contributed by atoms with Crippen molar-refractivity contribution in [2.75, 3.05) is 0 Å². The monoisotopic (exact) mass is 273 g/mol. The van der Waals surface area contributed by atoms with Crippen LogP contribution in [0.2, 0.25) is 0 Å². The molecule has 0 saturated carbocycles. The lowest BCUT2D eigenvalue weighted by Gasteiger charge is -2.28. The number of rotatable bonds is 2. The molecule has 1 heterocycles. The number of benzene rings is 1. The van der Waals surface area contributed by atoms with Gasteiger partial charge in [0.2, 0.25) is 0 Å². The van der Waals surface area contributed by atoms with Crippen molar-refractivity contribution in [2.45, 2.75) is 39.2 Å². The van der Waals surface area contributed by atoms with Crippen molar-refractivity contribution in [2.24, 2.45) is 5.41 Å². The zero-order valence-corrected chi connectivity index (χ0v) is 12.2. The highest BCUT2D eigenvalue weighted by molar-refractivity contribution is 7.11. The molecule has 0 amide bonds. The summed E-state index contributed by atoms with van der Waals surface area (Å²) in [4.78, 5) is 6.02. The average molecular weight is 273 g/mol. The first-order valence-corrected chi connectivity index (χ1v) is 7.58. The number of aryl methyl sites for hydroxylation is 1. The first-order chi connectivity index (χ1) is 9.05. The van der Waals surface area contributed by atoms with Crippen LogP contribution in [0.5, 0.6) is 0 Å². The average Bonchev–Trinajstić information content (AvgIpc) is 2.80. The minimum Gasteiger partial charge on any atom is -0.381 e. The second-order valence-electron chi connectivity index (χ2n) is 6.08. The van der Waals surface area contributed by atoms with E-state index in [4.69, 9.17) is 0 Å². The van der Waals surface area contributed by atoms with Crippen molar-refractivity contribution in [3.05, 3.63) is 51.5 Å². The molecule has 19 heavy (non-hydrogen) atoms.